The number of benzene rings is 2. The number of aliphatic hydroxyl groups excluding tert-OH is 1. The van der Waals surface area contributed by atoms with Gasteiger partial charge in [0.1, 0.15) is 23.5 Å². The number of ether oxygens (including phenoxy) is 1. The van der Waals surface area contributed by atoms with Crippen molar-refractivity contribution in [1.82, 2.24) is 0 Å². The summed E-state index contributed by atoms with van der Waals surface area (Å²) in [6, 6.07) is 8.35. The highest BCUT2D eigenvalue weighted by atomic mass is 19.1. The Morgan fingerprint density at radius 2 is 1.74 bits per heavy atom. The molecule has 4 heteroatoms. The Bertz CT molecular complexity index is 605. The van der Waals surface area contributed by atoms with Gasteiger partial charge in [-0.1, -0.05) is 6.07 Å². The molecule has 2 aromatic rings. The van der Waals surface area contributed by atoms with Crippen molar-refractivity contribution in [2.75, 3.05) is 6.61 Å². The topological polar surface area (TPSA) is 29.5 Å². The minimum Gasteiger partial charge on any atom is -0.493 e. The quantitative estimate of drug-likeness (QED) is 0.901. The molecule has 1 heterocycles. The molecule has 0 aliphatic carbocycles. The molecule has 0 radical (unpaired) electrons. The van der Waals surface area contributed by atoms with E-state index in [1.165, 1.54) is 0 Å². The maximum atomic E-state index is 13.2. The first-order valence-corrected chi connectivity index (χ1v) is 6.03. The Hall–Kier alpha value is -1.94. The van der Waals surface area contributed by atoms with Crippen LogP contribution >= 0.6 is 0 Å². The predicted molar refractivity (Wildman–Crippen MR) is 66.1 cm³/mol. The van der Waals surface area contributed by atoms with Crippen LogP contribution in [0.3, 0.4) is 0 Å². The Kier molecular flexibility index (Phi) is 2.95. The van der Waals surface area contributed by atoms with E-state index in [2.05, 4.69) is 0 Å². The average molecular weight is 262 g/mol. The van der Waals surface area contributed by atoms with Crippen molar-refractivity contribution >= 4 is 0 Å². The van der Waals surface area contributed by atoms with E-state index in [1.54, 1.807) is 12.1 Å². The third-order valence-corrected chi connectivity index (χ3v) is 3.23. The van der Waals surface area contributed by atoms with Crippen molar-refractivity contribution in [2.24, 2.45) is 0 Å². The van der Waals surface area contributed by atoms with Gasteiger partial charge in [-0.25, -0.2) is 8.78 Å². The molecule has 98 valence electrons. The SMILES string of the molecule is OC(c1cc(F)cc(F)c1)c1ccc2c(c1)CCO2. The van der Waals surface area contributed by atoms with Crippen LogP contribution < -0.4 is 4.74 Å². The Labute approximate surface area is 109 Å². The number of hydrogen-bond acceptors (Lipinski definition) is 2. The van der Waals surface area contributed by atoms with Crippen molar-refractivity contribution in [2.45, 2.75) is 12.5 Å². The zero-order valence-electron chi connectivity index (χ0n) is 10.1. The van der Waals surface area contributed by atoms with Crippen LogP contribution in [-0.2, 0) is 6.42 Å². The number of hydrogen-bond donors (Lipinski definition) is 1. The van der Waals surface area contributed by atoms with Crippen molar-refractivity contribution < 1.29 is 18.6 Å². The molecule has 2 nitrogen and oxygen atoms in total. The largest absolute Gasteiger partial charge is 0.493 e. The lowest BCUT2D eigenvalue weighted by Gasteiger charge is -2.13. The molecule has 1 N–H and O–H groups in total. The Morgan fingerprint density at radius 3 is 2.47 bits per heavy atom. The second-order valence-corrected chi connectivity index (χ2v) is 4.57. The fraction of sp³-hybridized carbons (Fsp3) is 0.200. The van der Waals surface area contributed by atoms with E-state index >= 15 is 0 Å². The van der Waals surface area contributed by atoms with Crippen LogP contribution in [0.4, 0.5) is 8.78 Å². The van der Waals surface area contributed by atoms with E-state index in [0.717, 1.165) is 35.9 Å². The highest BCUT2D eigenvalue weighted by Gasteiger charge is 2.17. The van der Waals surface area contributed by atoms with E-state index in [-0.39, 0.29) is 5.56 Å². The minimum absolute atomic E-state index is 0.205. The molecule has 1 atom stereocenters. The maximum absolute atomic E-state index is 13.2. The van der Waals surface area contributed by atoms with E-state index in [0.29, 0.717) is 12.2 Å². The third-order valence-electron chi connectivity index (χ3n) is 3.23. The summed E-state index contributed by atoms with van der Waals surface area (Å²) in [4.78, 5) is 0. The summed E-state index contributed by atoms with van der Waals surface area (Å²) in [7, 11) is 0. The summed E-state index contributed by atoms with van der Waals surface area (Å²) in [5.74, 6) is -0.585. The first-order chi connectivity index (χ1) is 9.13. The lowest BCUT2D eigenvalue weighted by Crippen LogP contribution is -2.01. The van der Waals surface area contributed by atoms with Gasteiger partial charge in [0.15, 0.2) is 0 Å². The molecular formula is C15H12F2O2. The molecule has 0 saturated carbocycles. The molecule has 3 rings (SSSR count). The van der Waals surface area contributed by atoms with Gasteiger partial charge in [0.05, 0.1) is 6.61 Å². The van der Waals surface area contributed by atoms with Crippen molar-refractivity contribution in [1.29, 1.82) is 0 Å². The van der Waals surface area contributed by atoms with Gasteiger partial charge in [-0.3, -0.25) is 0 Å². The van der Waals surface area contributed by atoms with Crippen molar-refractivity contribution in [3.05, 3.63) is 64.7 Å². The first-order valence-electron chi connectivity index (χ1n) is 6.03. The highest BCUT2D eigenvalue weighted by Crippen LogP contribution is 2.30. The molecule has 0 saturated heterocycles. The number of fused-ring (bicyclic) bond motifs is 1. The maximum Gasteiger partial charge on any atom is 0.126 e. The Morgan fingerprint density at radius 1 is 1.00 bits per heavy atom. The number of rotatable bonds is 2. The van der Waals surface area contributed by atoms with Crippen molar-refractivity contribution in [3.8, 4) is 5.75 Å². The Balaban J connectivity index is 1.97. The minimum atomic E-state index is -1.05. The molecule has 2 aromatic carbocycles. The van der Waals surface area contributed by atoms with Gasteiger partial charge < -0.3 is 9.84 Å². The van der Waals surface area contributed by atoms with Gasteiger partial charge in [-0.2, -0.15) is 0 Å². The highest BCUT2D eigenvalue weighted by molar-refractivity contribution is 5.42. The van der Waals surface area contributed by atoms with E-state index in [4.69, 9.17) is 4.74 Å². The fourth-order valence-corrected chi connectivity index (χ4v) is 2.30. The fourth-order valence-electron chi connectivity index (χ4n) is 2.30. The van der Waals surface area contributed by atoms with E-state index < -0.39 is 17.7 Å². The van der Waals surface area contributed by atoms with Gasteiger partial charge in [0.25, 0.3) is 0 Å². The zero-order valence-corrected chi connectivity index (χ0v) is 10.1. The lowest BCUT2D eigenvalue weighted by molar-refractivity contribution is 0.219. The molecule has 0 amide bonds. The second-order valence-electron chi connectivity index (χ2n) is 4.57. The third kappa shape index (κ3) is 2.31. The predicted octanol–water partition coefficient (Wildman–Crippen LogP) is 2.98. The molecule has 19 heavy (non-hydrogen) atoms. The normalized spacial score (nSPS) is 14.9. The van der Waals surface area contributed by atoms with Crippen LogP contribution in [0.25, 0.3) is 0 Å². The van der Waals surface area contributed by atoms with Crippen LogP contribution in [0.5, 0.6) is 5.75 Å². The first kappa shape index (κ1) is 12.1. The molecule has 1 aliphatic heterocycles. The lowest BCUT2D eigenvalue weighted by atomic mass is 9.99. The van der Waals surface area contributed by atoms with Crippen LogP contribution in [-0.4, -0.2) is 11.7 Å². The van der Waals surface area contributed by atoms with Crippen molar-refractivity contribution in [3.63, 3.8) is 0 Å². The van der Waals surface area contributed by atoms with Crippen LogP contribution in [0.15, 0.2) is 36.4 Å². The summed E-state index contributed by atoms with van der Waals surface area (Å²) in [5.41, 5.74) is 1.82. The number of halogens is 2. The molecular weight excluding hydrogens is 250 g/mol. The summed E-state index contributed by atoms with van der Waals surface area (Å²) in [6.45, 7) is 0.628. The van der Waals surface area contributed by atoms with E-state index in [9.17, 15) is 13.9 Å². The zero-order chi connectivity index (χ0) is 13.4. The van der Waals surface area contributed by atoms with Gasteiger partial charge >= 0.3 is 0 Å². The molecule has 1 unspecified atom stereocenters. The number of aliphatic hydroxyl groups is 1. The standard InChI is InChI=1S/C15H12F2O2/c16-12-6-11(7-13(17)8-12)15(18)10-1-2-14-9(5-10)3-4-19-14/h1-2,5-8,15,18H,3-4H2. The average Bonchev–Trinajstić information content (AvgIpc) is 2.83. The molecule has 0 fully saturated rings. The van der Waals surface area contributed by atoms with Gasteiger partial charge in [-0.15, -0.1) is 0 Å². The molecule has 0 aromatic heterocycles. The molecule has 0 bridgehead atoms. The van der Waals surface area contributed by atoms with Crippen LogP contribution in [0.1, 0.15) is 22.8 Å². The summed E-state index contributed by atoms with van der Waals surface area (Å²) in [6.07, 6.45) is -0.260. The van der Waals surface area contributed by atoms with Gasteiger partial charge in [0, 0.05) is 12.5 Å². The monoisotopic (exact) mass is 262 g/mol. The smallest absolute Gasteiger partial charge is 0.126 e. The van der Waals surface area contributed by atoms with Gasteiger partial charge in [-0.05, 0) is 41.0 Å². The second kappa shape index (κ2) is 4.63. The molecule has 0 spiro atoms. The van der Waals surface area contributed by atoms with Crippen LogP contribution in [0.2, 0.25) is 0 Å². The van der Waals surface area contributed by atoms with E-state index in [1.807, 2.05) is 6.07 Å². The summed E-state index contributed by atoms with van der Waals surface area (Å²) in [5, 5.41) is 10.2. The van der Waals surface area contributed by atoms with Gasteiger partial charge in [0.2, 0.25) is 0 Å². The van der Waals surface area contributed by atoms with Crippen LogP contribution in [0, 0.1) is 11.6 Å². The molecule has 1 aliphatic rings. The summed E-state index contributed by atoms with van der Waals surface area (Å²) >= 11 is 0. The summed E-state index contributed by atoms with van der Waals surface area (Å²) < 4.78 is 31.7.